The van der Waals surface area contributed by atoms with Crippen molar-refractivity contribution < 1.29 is 33.2 Å². The minimum Gasteiger partial charge on any atom is -0.493 e. The van der Waals surface area contributed by atoms with Gasteiger partial charge in [-0.15, -0.1) is 0 Å². The van der Waals surface area contributed by atoms with Crippen molar-refractivity contribution in [2.24, 2.45) is 0 Å². The molecule has 0 saturated carbocycles. The number of carbonyl (C=O) groups excluding carboxylic acids is 1. The third kappa shape index (κ3) is 5.67. The Morgan fingerprint density at radius 3 is 2.46 bits per heavy atom. The van der Waals surface area contributed by atoms with E-state index >= 15 is 0 Å². The van der Waals surface area contributed by atoms with Gasteiger partial charge in [0.2, 0.25) is 5.75 Å². The summed E-state index contributed by atoms with van der Waals surface area (Å²) >= 11 is 0. The molecule has 3 aromatic rings. The van der Waals surface area contributed by atoms with E-state index in [1.807, 2.05) is 0 Å². The summed E-state index contributed by atoms with van der Waals surface area (Å²) in [7, 11) is 4.57. The van der Waals surface area contributed by atoms with Crippen LogP contribution in [0.2, 0.25) is 0 Å². The number of aryl methyl sites for hydroxylation is 1. The molecule has 37 heavy (non-hydrogen) atoms. The Morgan fingerprint density at radius 1 is 1.14 bits per heavy atom. The molecule has 1 aliphatic rings. The Bertz CT molecular complexity index is 1260. The van der Waals surface area contributed by atoms with Crippen molar-refractivity contribution in [2.45, 2.75) is 32.4 Å². The summed E-state index contributed by atoms with van der Waals surface area (Å²) in [6, 6.07) is 9.70. The van der Waals surface area contributed by atoms with E-state index in [1.54, 1.807) is 42.2 Å². The molecule has 1 aromatic heterocycles. The largest absolute Gasteiger partial charge is 0.493 e. The van der Waals surface area contributed by atoms with Crippen molar-refractivity contribution in [1.29, 1.82) is 0 Å². The first kappa shape index (κ1) is 26.0. The second-order valence-corrected chi connectivity index (χ2v) is 8.68. The summed E-state index contributed by atoms with van der Waals surface area (Å²) in [5.74, 6) is 1.48. The molecular weight excluding hydrogens is 482 g/mol. The fraction of sp³-hybridized carbons (Fsp3) is 0.385. The predicted molar refractivity (Wildman–Crippen MR) is 133 cm³/mol. The van der Waals surface area contributed by atoms with Gasteiger partial charge >= 0.3 is 0 Å². The minimum atomic E-state index is -0.488. The van der Waals surface area contributed by atoms with Crippen LogP contribution in [-0.2, 0) is 11.3 Å². The molecule has 0 aliphatic carbocycles. The van der Waals surface area contributed by atoms with Gasteiger partial charge in [0.05, 0.1) is 38.9 Å². The first-order chi connectivity index (χ1) is 17.8. The van der Waals surface area contributed by atoms with E-state index in [4.69, 9.17) is 23.5 Å². The highest BCUT2D eigenvalue weighted by Crippen LogP contribution is 2.41. The smallest absolute Gasteiger partial charge is 0.273 e. The van der Waals surface area contributed by atoms with Crippen molar-refractivity contribution in [3.05, 3.63) is 63.3 Å². The number of benzene rings is 2. The van der Waals surface area contributed by atoms with Crippen LogP contribution in [0.15, 0.2) is 40.9 Å². The highest BCUT2D eigenvalue weighted by atomic mass is 16.6. The molecule has 2 heterocycles. The lowest BCUT2D eigenvalue weighted by atomic mass is 10.1. The first-order valence-corrected chi connectivity index (χ1v) is 11.8. The van der Waals surface area contributed by atoms with Crippen LogP contribution in [0, 0.1) is 17.0 Å². The zero-order chi connectivity index (χ0) is 26.5. The van der Waals surface area contributed by atoms with Gasteiger partial charge in [-0.25, -0.2) is 0 Å². The van der Waals surface area contributed by atoms with Gasteiger partial charge in [0.25, 0.3) is 11.6 Å². The second-order valence-electron chi connectivity index (χ2n) is 8.68. The molecule has 1 fully saturated rings. The summed E-state index contributed by atoms with van der Waals surface area (Å²) in [6.45, 7) is 2.73. The standard InChI is InChI=1S/C26H29N3O8/c1-16-7-8-17(10-21(16)29(31)32)26(30)28(15-20-6-5-9-36-20)14-19-13-22(37-27-19)18-11-23(33-2)25(35-4)24(12-18)34-3/h7-8,10-13,20H,5-6,9,14-15H2,1-4H3. The van der Waals surface area contributed by atoms with Crippen LogP contribution in [-0.4, -0.2) is 61.5 Å². The number of hydrogen-bond acceptors (Lipinski definition) is 9. The topological polar surface area (TPSA) is 126 Å². The van der Waals surface area contributed by atoms with Crippen molar-refractivity contribution in [1.82, 2.24) is 10.1 Å². The maximum absolute atomic E-state index is 13.5. The number of rotatable bonds is 10. The Labute approximate surface area is 214 Å². The zero-order valence-corrected chi connectivity index (χ0v) is 21.2. The summed E-state index contributed by atoms with van der Waals surface area (Å²) < 4.78 is 27.6. The minimum absolute atomic E-state index is 0.103. The number of aromatic nitrogens is 1. The van der Waals surface area contributed by atoms with Crippen LogP contribution in [0.3, 0.4) is 0 Å². The molecule has 11 nitrogen and oxygen atoms in total. The molecule has 1 unspecified atom stereocenters. The number of amides is 1. The SMILES string of the molecule is COc1cc(-c2cc(CN(CC3CCCO3)C(=O)c3ccc(C)c([N+](=O)[O-])c3)no2)cc(OC)c1OC. The number of methoxy groups -OCH3 is 3. The van der Waals surface area contributed by atoms with E-state index in [0.717, 1.165) is 12.8 Å². The van der Waals surface area contributed by atoms with Gasteiger partial charge in [-0.3, -0.25) is 14.9 Å². The fourth-order valence-corrected chi connectivity index (χ4v) is 4.32. The lowest BCUT2D eigenvalue weighted by molar-refractivity contribution is -0.385. The van der Waals surface area contributed by atoms with Gasteiger partial charge in [-0.1, -0.05) is 11.2 Å². The number of nitro groups is 1. The molecular formula is C26H29N3O8. The average molecular weight is 512 g/mol. The normalized spacial score (nSPS) is 14.9. The Hall–Kier alpha value is -4.12. The molecule has 0 radical (unpaired) electrons. The third-order valence-corrected chi connectivity index (χ3v) is 6.25. The van der Waals surface area contributed by atoms with Crippen molar-refractivity contribution in [2.75, 3.05) is 34.5 Å². The number of nitro benzene ring substituents is 1. The number of ether oxygens (including phenoxy) is 4. The van der Waals surface area contributed by atoms with Gasteiger partial charge in [-0.05, 0) is 38.0 Å². The third-order valence-electron chi connectivity index (χ3n) is 6.25. The van der Waals surface area contributed by atoms with Crippen LogP contribution in [0.4, 0.5) is 5.69 Å². The van der Waals surface area contributed by atoms with E-state index in [9.17, 15) is 14.9 Å². The molecule has 1 amide bonds. The van der Waals surface area contributed by atoms with Crippen LogP contribution in [0.1, 0.15) is 34.5 Å². The zero-order valence-electron chi connectivity index (χ0n) is 21.2. The fourth-order valence-electron chi connectivity index (χ4n) is 4.32. The van der Waals surface area contributed by atoms with Crippen LogP contribution >= 0.6 is 0 Å². The first-order valence-electron chi connectivity index (χ1n) is 11.8. The van der Waals surface area contributed by atoms with Gasteiger partial charge in [0.15, 0.2) is 17.3 Å². The van der Waals surface area contributed by atoms with Crippen molar-refractivity contribution in [3.8, 4) is 28.6 Å². The quantitative estimate of drug-likeness (QED) is 0.287. The van der Waals surface area contributed by atoms with Gasteiger partial charge in [0.1, 0.15) is 5.69 Å². The molecule has 4 rings (SSSR count). The van der Waals surface area contributed by atoms with E-state index in [-0.39, 0.29) is 29.8 Å². The molecule has 11 heteroatoms. The van der Waals surface area contributed by atoms with Crippen molar-refractivity contribution >= 4 is 11.6 Å². The molecule has 0 bridgehead atoms. The maximum Gasteiger partial charge on any atom is 0.273 e. The number of carbonyl (C=O) groups is 1. The Balaban J connectivity index is 1.62. The molecule has 1 aliphatic heterocycles. The average Bonchev–Trinajstić information content (AvgIpc) is 3.59. The molecule has 196 valence electrons. The van der Waals surface area contributed by atoms with Crippen LogP contribution < -0.4 is 14.2 Å². The molecule has 1 saturated heterocycles. The van der Waals surface area contributed by atoms with E-state index in [1.165, 1.54) is 27.4 Å². The molecule has 1 atom stereocenters. The van der Waals surface area contributed by atoms with Crippen LogP contribution in [0.5, 0.6) is 17.2 Å². The Kier molecular flexibility index (Phi) is 7.92. The van der Waals surface area contributed by atoms with Crippen LogP contribution in [0.25, 0.3) is 11.3 Å². The van der Waals surface area contributed by atoms with Crippen molar-refractivity contribution in [3.63, 3.8) is 0 Å². The van der Waals surface area contributed by atoms with E-state index in [0.29, 0.717) is 53.0 Å². The molecule has 0 spiro atoms. The number of nitrogens with zero attached hydrogens (tertiary/aromatic N) is 3. The number of hydrogen-bond donors (Lipinski definition) is 0. The van der Waals surface area contributed by atoms with Gasteiger partial charge in [0, 0.05) is 42.0 Å². The monoisotopic (exact) mass is 511 g/mol. The van der Waals surface area contributed by atoms with Gasteiger partial charge < -0.3 is 28.4 Å². The summed E-state index contributed by atoms with van der Waals surface area (Å²) in [6.07, 6.45) is 1.62. The maximum atomic E-state index is 13.5. The molecule has 2 aromatic carbocycles. The summed E-state index contributed by atoms with van der Waals surface area (Å²) in [4.78, 5) is 26.0. The lowest BCUT2D eigenvalue weighted by Crippen LogP contribution is -2.37. The second kappa shape index (κ2) is 11.3. The summed E-state index contributed by atoms with van der Waals surface area (Å²) in [5, 5.41) is 15.6. The Morgan fingerprint density at radius 2 is 1.86 bits per heavy atom. The van der Waals surface area contributed by atoms with E-state index in [2.05, 4.69) is 5.16 Å². The predicted octanol–water partition coefficient (Wildman–Crippen LogP) is 4.41. The lowest BCUT2D eigenvalue weighted by Gasteiger charge is -2.24. The molecule has 0 N–H and O–H groups in total. The van der Waals surface area contributed by atoms with Gasteiger partial charge in [-0.2, -0.15) is 0 Å². The highest BCUT2D eigenvalue weighted by molar-refractivity contribution is 5.95. The van der Waals surface area contributed by atoms with E-state index < -0.39 is 4.92 Å². The summed E-state index contributed by atoms with van der Waals surface area (Å²) in [5.41, 5.74) is 1.77. The highest BCUT2D eigenvalue weighted by Gasteiger charge is 2.26.